The zero-order valence-corrected chi connectivity index (χ0v) is 4.07. The maximum Gasteiger partial charge on any atom is -0.0244 e. The van der Waals surface area contributed by atoms with E-state index in [1.807, 2.05) is 19.1 Å². The van der Waals surface area contributed by atoms with Crippen LogP contribution in [0.5, 0.6) is 0 Å². The summed E-state index contributed by atoms with van der Waals surface area (Å²) in [5.74, 6) is 0. The van der Waals surface area contributed by atoms with Gasteiger partial charge in [0.15, 0.2) is 0 Å². The highest BCUT2D eigenvalue weighted by atomic mass is 13.7. The molecule has 0 heterocycles. The summed E-state index contributed by atoms with van der Waals surface area (Å²) in [7, 11) is 0. The highest BCUT2D eigenvalue weighted by Crippen LogP contribution is 1.84. The molecule has 0 nitrogen and oxygen atoms in total. The van der Waals surface area contributed by atoms with Crippen LogP contribution in [0.15, 0.2) is 24.3 Å². The molecule has 0 aromatic heterocycles. The molecule has 0 saturated heterocycles. The van der Waals surface area contributed by atoms with Crippen molar-refractivity contribution in [3.63, 3.8) is 0 Å². The van der Waals surface area contributed by atoms with E-state index >= 15 is 0 Å². The van der Waals surface area contributed by atoms with Gasteiger partial charge in [0, 0.05) is 0 Å². The topological polar surface area (TPSA) is 0 Å². The zero-order valence-electron chi connectivity index (χ0n) is 4.07. The minimum Gasteiger partial charge on any atom is -0.0958 e. The first-order chi connectivity index (χ1) is 2.77. The van der Waals surface area contributed by atoms with Crippen molar-refractivity contribution in [2.45, 2.75) is 6.92 Å². The third-order valence-corrected chi connectivity index (χ3v) is 0.402. The van der Waals surface area contributed by atoms with Crippen LogP contribution in [0.25, 0.3) is 0 Å². The maximum atomic E-state index is 3.55. The third-order valence-electron chi connectivity index (χ3n) is 0.402. The highest BCUT2D eigenvalue weighted by molar-refractivity contribution is 5.15. The molecule has 0 heteroatoms. The van der Waals surface area contributed by atoms with E-state index in [0.29, 0.717) is 0 Å². The van der Waals surface area contributed by atoms with E-state index in [-0.39, 0.29) is 0 Å². The summed E-state index contributed by atoms with van der Waals surface area (Å²) in [4.78, 5) is 0. The minimum atomic E-state index is 0.859. The van der Waals surface area contributed by atoms with Crippen molar-refractivity contribution in [3.05, 3.63) is 31.2 Å². The van der Waals surface area contributed by atoms with Gasteiger partial charge in [-0.25, -0.2) is 0 Å². The molecule has 0 atom stereocenters. The predicted molar refractivity (Wildman–Crippen MR) is 29.3 cm³/mol. The lowest BCUT2D eigenvalue weighted by Crippen LogP contribution is -1.55. The fourth-order valence-corrected chi connectivity index (χ4v) is 0.236. The zero-order chi connectivity index (χ0) is 4.99. The first kappa shape index (κ1) is 5.48. The Kier molecular flexibility index (Phi) is 2.47. The lowest BCUT2D eigenvalue weighted by Gasteiger charge is -1.75. The Morgan fingerprint density at radius 1 is 1.67 bits per heavy atom. The van der Waals surface area contributed by atoms with Gasteiger partial charge in [0.1, 0.15) is 0 Å². The lowest BCUT2D eigenvalue weighted by molar-refractivity contribution is 1.67. The van der Waals surface area contributed by atoms with Crippen LogP contribution in [0.4, 0.5) is 0 Å². The predicted octanol–water partition coefficient (Wildman–Crippen LogP) is 1.95. The van der Waals surface area contributed by atoms with Crippen LogP contribution in [-0.2, 0) is 0 Å². The molecule has 0 bridgehead atoms. The molecule has 0 saturated carbocycles. The molecule has 0 aromatic carbocycles. The van der Waals surface area contributed by atoms with Crippen LogP contribution in [0, 0.1) is 6.92 Å². The Balaban J connectivity index is 3.30. The Labute approximate surface area is 39.2 Å². The first-order valence-corrected chi connectivity index (χ1v) is 1.91. The summed E-state index contributed by atoms with van der Waals surface area (Å²) in [5, 5.41) is 0. The average molecular weight is 81.1 g/mol. The second kappa shape index (κ2) is 2.70. The monoisotopic (exact) mass is 81.1 g/mol. The molecule has 6 heavy (non-hydrogen) atoms. The number of hydrogen-bond acceptors (Lipinski definition) is 0. The highest BCUT2D eigenvalue weighted by Gasteiger charge is 1.64. The van der Waals surface area contributed by atoms with Crippen LogP contribution in [0.3, 0.4) is 0 Å². The summed E-state index contributed by atoms with van der Waals surface area (Å²) in [5.41, 5.74) is 0.859. The molecule has 0 unspecified atom stereocenters. The molecule has 0 aromatic rings. The summed E-state index contributed by atoms with van der Waals surface area (Å²) < 4.78 is 0. The van der Waals surface area contributed by atoms with Crippen molar-refractivity contribution < 1.29 is 0 Å². The molecule has 0 N–H and O–H groups in total. The molecule has 0 fully saturated rings. The van der Waals surface area contributed by atoms with Gasteiger partial charge < -0.3 is 0 Å². The maximum absolute atomic E-state index is 3.55. The van der Waals surface area contributed by atoms with Crippen LogP contribution in [-0.4, -0.2) is 0 Å². The summed E-state index contributed by atoms with van der Waals surface area (Å²) in [6, 6.07) is 0. The van der Waals surface area contributed by atoms with Gasteiger partial charge in [-0.05, 0) is 13.8 Å². The van der Waals surface area contributed by atoms with Crippen molar-refractivity contribution in [2.24, 2.45) is 0 Å². The van der Waals surface area contributed by atoms with E-state index in [4.69, 9.17) is 0 Å². The van der Waals surface area contributed by atoms with Crippen LogP contribution in [0.1, 0.15) is 6.92 Å². The van der Waals surface area contributed by atoms with E-state index in [2.05, 4.69) is 13.5 Å². The van der Waals surface area contributed by atoms with Crippen molar-refractivity contribution in [2.75, 3.05) is 0 Å². The fourth-order valence-electron chi connectivity index (χ4n) is 0.236. The normalized spacial score (nSPS) is 9.67. The molecular formula is C6H9. The Morgan fingerprint density at radius 3 is 2.17 bits per heavy atom. The third kappa shape index (κ3) is 3.48. The van der Waals surface area contributed by atoms with Gasteiger partial charge in [0.05, 0.1) is 0 Å². The Hall–Kier alpha value is -0.520. The van der Waals surface area contributed by atoms with Gasteiger partial charge in [-0.1, -0.05) is 24.3 Å². The molecule has 1 radical (unpaired) electrons. The average Bonchev–Trinajstić information content (AvgIpc) is 1.35. The van der Waals surface area contributed by atoms with Gasteiger partial charge in [-0.3, -0.25) is 0 Å². The summed E-state index contributed by atoms with van der Waals surface area (Å²) >= 11 is 0. The largest absolute Gasteiger partial charge is 0.0958 e. The van der Waals surface area contributed by atoms with E-state index < -0.39 is 0 Å². The molecule has 0 aliphatic rings. The van der Waals surface area contributed by atoms with Crippen LogP contribution in [0.2, 0.25) is 0 Å². The molecule has 33 valence electrons. The first-order valence-electron chi connectivity index (χ1n) is 1.91. The fraction of sp³-hybridized carbons (Fsp3) is 0.167. The minimum absolute atomic E-state index is 0.859. The number of hydrogen-bond donors (Lipinski definition) is 0. The molecular weight excluding hydrogens is 72.1 g/mol. The summed E-state index contributed by atoms with van der Waals surface area (Å²) in [6.07, 6.45) is 3.77. The molecule has 0 amide bonds. The lowest BCUT2D eigenvalue weighted by atomic mass is 10.3. The second-order valence-corrected chi connectivity index (χ2v) is 1.16. The van der Waals surface area contributed by atoms with Gasteiger partial charge in [-0.15, -0.1) is 0 Å². The molecule has 0 aliphatic carbocycles. The second-order valence-electron chi connectivity index (χ2n) is 1.16. The van der Waals surface area contributed by atoms with Crippen LogP contribution < -0.4 is 0 Å². The van der Waals surface area contributed by atoms with Gasteiger partial charge >= 0.3 is 0 Å². The number of rotatable bonds is 1. The van der Waals surface area contributed by atoms with E-state index in [1.165, 1.54) is 0 Å². The van der Waals surface area contributed by atoms with Gasteiger partial charge in [0.2, 0.25) is 0 Å². The summed E-state index contributed by atoms with van der Waals surface area (Å²) in [6.45, 7) is 9.03. The smallest absolute Gasteiger partial charge is 0.0244 e. The van der Waals surface area contributed by atoms with Crippen LogP contribution >= 0.6 is 0 Å². The molecule has 0 rings (SSSR count). The number of allylic oxidation sites excluding steroid dienone is 3. The molecule has 0 aliphatic heterocycles. The standard InChI is InChI=1S/C6H9/c1-4-5-6(2)3/h4-5H,2-3H2,1H3/b5-4-. The Bertz CT molecular complexity index is 68.1. The van der Waals surface area contributed by atoms with E-state index in [0.717, 1.165) is 5.57 Å². The SMILES string of the molecule is [CH2]C(=C)/C=C\C. The quantitative estimate of drug-likeness (QED) is 0.423. The van der Waals surface area contributed by atoms with Crippen molar-refractivity contribution >= 4 is 0 Å². The van der Waals surface area contributed by atoms with E-state index in [1.54, 1.807) is 0 Å². The Morgan fingerprint density at radius 2 is 2.17 bits per heavy atom. The van der Waals surface area contributed by atoms with Gasteiger partial charge in [0.25, 0.3) is 0 Å². The van der Waals surface area contributed by atoms with Gasteiger partial charge in [-0.2, -0.15) is 0 Å². The van der Waals surface area contributed by atoms with Crippen molar-refractivity contribution in [1.82, 2.24) is 0 Å². The van der Waals surface area contributed by atoms with E-state index in [9.17, 15) is 0 Å². The van der Waals surface area contributed by atoms with Crippen molar-refractivity contribution in [3.8, 4) is 0 Å². The van der Waals surface area contributed by atoms with Crippen molar-refractivity contribution in [1.29, 1.82) is 0 Å². The molecule has 0 spiro atoms.